The third-order valence-electron chi connectivity index (χ3n) is 5.86. The highest BCUT2D eigenvalue weighted by Gasteiger charge is 2.27. The highest BCUT2D eigenvalue weighted by atomic mass is 32.2. The molecule has 1 saturated heterocycles. The lowest BCUT2D eigenvalue weighted by Gasteiger charge is -2.16. The third kappa shape index (κ3) is 3.68. The molecule has 1 unspecified atom stereocenters. The Balaban J connectivity index is 1.51. The van der Waals surface area contributed by atoms with Gasteiger partial charge in [-0.3, -0.25) is 10.00 Å². The molecule has 0 radical (unpaired) electrons. The van der Waals surface area contributed by atoms with Gasteiger partial charge in [0.05, 0.1) is 10.4 Å². The van der Waals surface area contributed by atoms with Crippen LogP contribution in [0.25, 0.3) is 21.7 Å². The maximum Gasteiger partial charge on any atom is 0.226 e. The lowest BCUT2D eigenvalue weighted by molar-refractivity contribution is 0.200. The number of fused-ring (bicyclic) bond motifs is 2. The van der Waals surface area contributed by atoms with Crippen LogP contribution in [0.1, 0.15) is 19.8 Å². The number of likely N-dealkylation sites (tertiary alicyclic amines) is 1. The van der Waals surface area contributed by atoms with E-state index in [2.05, 4.69) is 22.0 Å². The summed E-state index contributed by atoms with van der Waals surface area (Å²) in [6.07, 6.45) is 2.22. The van der Waals surface area contributed by atoms with Gasteiger partial charge in [-0.15, -0.1) is 0 Å². The Labute approximate surface area is 181 Å². The van der Waals surface area contributed by atoms with Crippen molar-refractivity contribution in [2.24, 2.45) is 0 Å². The van der Waals surface area contributed by atoms with Crippen molar-refractivity contribution in [2.45, 2.75) is 35.8 Å². The molecule has 31 heavy (non-hydrogen) atoms. The van der Waals surface area contributed by atoms with Gasteiger partial charge in [0.15, 0.2) is 5.03 Å². The largest absolute Gasteiger partial charge is 0.489 e. The number of aromatic nitrogens is 2. The van der Waals surface area contributed by atoms with Crippen molar-refractivity contribution in [3.8, 4) is 5.75 Å². The van der Waals surface area contributed by atoms with E-state index in [9.17, 15) is 8.42 Å². The summed E-state index contributed by atoms with van der Waals surface area (Å²) in [4.78, 5) is 2.66. The molecule has 5 rings (SSSR count). The minimum atomic E-state index is -3.82. The maximum absolute atomic E-state index is 13.6. The van der Waals surface area contributed by atoms with Gasteiger partial charge in [0.2, 0.25) is 9.84 Å². The summed E-state index contributed by atoms with van der Waals surface area (Å²) in [6.45, 7) is 5.19. The summed E-state index contributed by atoms with van der Waals surface area (Å²) in [7, 11) is -3.82. The first kappa shape index (κ1) is 20.0. The second-order valence-corrected chi connectivity index (χ2v) is 9.88. The number of nitrogens with zero attached hydrogens (tertiary/aromatic N) is 2. The summed E-state index contributed by atoms with van der Waals surface area (Å²) >= 11 is 0. The molecule has 0 aliphatic carbocycles. The first-order valence-corrected chi connectivity index (χ1v) is 12.1. The van der Waals surface area contributed by atoms with Crippen molar-refractivity contribution in [3.63, 3.8) is 0 Å². The van der Waals surface area contributed by atoms with E-state index in [1.54, 1.807) is 18.2 Å². The normalized spacial score (nSPS) is 17.5. The number of ether oxygens (including phenoxy) is 1. The Kier molecular flexibility index (Phi) is 5.16. The summed E-state index contributed by atoms with van der Waals surface area (Å²) < 4.78 is 33.3. The monoisotopic (exact) mass is 435 g/mol. The van der Waals surface area contributed by atoms with Crippen molar-refractivity contribution in [3.05, 3.63) is 60.7 Å². The standard InChI is InChI=1S/C24H25N3O3S/c1-2-13-27-14-12-19(16-27)30-18-10-11-22-21(15-18)24(26-25-22)31(28,29)23-9-5-7-17-6-3-4-8-20(17)23/h3-11,15,19H,2,12-14,16H2,1H3,(H,25,26). The first-order valence-electron chi connectivity index (χ1n) is 10.7. The van der Waals surface area contributed by atoms with E-state index in [4.69, 9.17) is 4.74 Å². The van der Waals surface area contributed by atoms with Crippen LogP contribution in [0.15, 0.2) is 70.6 Å². The smallest absolute Gasteiger partial charge is 0.226 e. The highest BCUT2D eigenvalue weighted by Crippen LogP contribution is 2.33. The van der Waals surface area contributed by atoms with Crippen LogP contribution in [-0.2, 0) is 9.84 Å². The zero-order valence-electron chi connectivity index (χ0n) is 17.4. The van der Waals surface area contributed by atoms with Gasteiger partial charge in [-0.2, -0.15) is 5.10 Å². The van der Waals surface area contributed by atoms with Crippen molar-refractivity contribution in [1.29, 1.82) is 0 Å². The quantitative estimate of drug-likeness (QED) is 0.485. The first-order chi connectivity index (χ1) is 15.1. The van der Waals surface area contributed by atoms with E-state index in [1.165, 1.54) is 0 Å². The summed E-state index contributed by atoms with van der Waals surface area (Å²) in [5.74, 6) is 0.673. The zero-order chi connectivity index (χ0) is 21.4. The number of hydrogen-bond donors (Lipinski definition) is 1. The van der Waals surface area contributed by atoms with Gasteiger partial charge < -0.3 is 4.74 Å². The van der Waals surface area contributed by atoms with Crippen molar-refractivity contribution >= 4 is 31.5 Å². The summed E-state index contributed by atoms with van der Waals surface area (Å²) in [5.41, 5.74) is 0.671. The van der Waals surface area contributed by atoms with Crippen LogP contribution < -0.4 is 4.74 Å². The average Bonchev–Trinajstić information content (AvgIpc) is 3.40. The molecular weight excluding hydrogens is 410 g/mol. The Hall–Kier alpha value is -2.90. The van der Waals surface area contributed by atoms with Gasteiger partial charge in [0.25, 0.3) is 0 Å². The number of nitrogens with one attached hydrogen (secondary N) is 1. The van der Waals surface area contributed by atoms with Crippen LogP contribution >= 0.6 is 0 Å². The number of sulfone groups is 1. The third-order valence-corrected chi connectivity index (χ3v) is 7.62. The van der Waals surface area contributed by atoms with E-state index in [0.717, 1.165) is 37.9 Å². The molecule has 7 heteroatoms. The molecule has 1 N–H and O–H groups in total. The highest BCUT2D eigenvalue weighted by molar-refractivity contribution is 7.91. The fourth-order valence-corrected chi connectivity index (χ4v) is 5.95. The number of hydrogen-bond acceptors (Lipinski definition) is 5. The van der Waals surface area contributed by atoms with Crippen LogP contribution in [0.5, 0.6) is 5.75 Å². The second kappa shape index (κ2) is 7.98. The molecule has 4 aromatic rings. The number of H-pyrrole nitrogens is 1. The molecule has 2 heterocycles. The molecule has 1 aliphatic heterocycles. The molecule has 0 bridgehead atoms. The fourth-order valence-electron chi connectivity index (χ4n) is 4.39. The summed E-state index contributed by atoms with van der Waals surface area (Å²) in [5, 5.41) is 9.20. The lowest BCUT2D eigenvalue weighted by Crippen LogP contribution is -2.25. The van der Waals surface area contributed by atoms with Gasteiger partial charge in [-0.05, 0) is 49.0 Å². The van der Waals surface area contributed by atoms with Crippen molar-refractivity contribution in [2.75, 3.05) is 19.6 Å². The van der Waals surface area contributed by atoms with E-state index in [1.807, 2.05) is 42.5 Å². The predicted octanol–water partition coefficient (Wildman–Crippen LogP) is 4.41. The number of aromatic amines is 1. The maximum atomic E-state index is 13.6. The Morgan fingerprint density at radius 3 is 2.81 bits per heavy atom. The molecule has 1 aliphatic rings. The number of benzene rings is 3. The van der Waals surface area contributed by atoms with Crippen LogP contribution in [0.2, 0.25) is 0 Å². The van der Waals surface area contributed by atoms with Crippen molar-refractivity contribution < 1.29 is 13.2 Å². The van der Waals surface area contributed by atoms with E-state index in [0.29, 0.717) is 22.0 Å². The molecule has 1 atom stereocenters. The SMILES string of the molecule is CCCN1CCC(Oc2ccc3[nH]nc(S(=O)(=O)c4cccc5ccccc45)c3c2)C1. The van der Waals surface area contributed by atoms with Crippen LogP contribution in [0.4, 0.5) is 0 Å². The average molecular weight is 436 g/mol. The molecule has 0 amide bonds. The van der Waals surface area contributed by atoms with Crippen LogP contribution in [-0.4, -0.2) is 49.3 Å². The van der Waals surface area contributed by atoms with Gasteiger partial charge >= 0.3 is 0 Å². The summed E-state index contributed by atoms with van der Waals surface area (Å²) in [6, 6.07) is 18.3. The Bertz CT molecular complexity index is 1340. The molecule has 1 aromatic heterocycles. The van der Waals surface area contributed by atoms with E-state index >= 15 is 0 Å². The minimum absolute atomic E-state index is 0.0309. The number of rotatable bonds is 6. The van der Waals surface area contributed by atoms with Gasteiger partial charge in [-0.25, -0.2) is 8.42 Å². The van der Waals surface area contributed by atoms with Crippen molar-refractivity contribution in [1.82, 2.24) is 15.1 Å². The molecular formula is C24H25N3O3S. The topological polar surface area (TPSA) is 75.3 Å². The molecule has 0 saturated carbocycles. The van der Waals surface area contributed by atoms with Gasteiger partial charge in [0, 0.05) is 23.9 Å². The predicted molar refractivity (Wildman–Crippen MR) is 121 cm³/mol. The molecule has 6 nitrogen and oxygen atoms in total. The lowest BCUT2D eigenvalue weighted by atomic mass is 10.1. The fraction of sp³-hybridized carbons (Fsp3) is 0.292. The van der Waals surface area contributed by atoms with Gasteiger partial charge in [0.1, 0.15) is 11.9 Å². The van der Waals surface area contributed by atoms with E-state index in [-0.39, 0.29) is 16.0 Å². The molecule has 1 fully saturated rings. The van der Waals surface area contributed by atoms with E-state index < -0.39 is 9.84 Å². The molecule has 0 spiro atoms. The molecule has 3 aromatic carbocycles. The molecule has 160 valence electrons. The minimum Gasteiger partial charge on any atom is -0.489 e. The van der Waals surface area contributed by atoms with Crippen LogP contribution in [0, 0.1) is 0 Å². The Morgan fingerprint density at radius 2 is 1.94 bits per heavy atom. The second-order valence-electron chi connectivity index (χ2n) is 8.05. The van der Waals surface area contributed by atoms with Crippen LogP contribution in [0.3, 0.4) is 0 Å². The Morgan fingerprint density at radius 1 is 1.10 bits per heavy atom. The van der Waals surface area contributed by atoms with Gasteiger partial charge in [-0.1, -0.05) is 43.3 Å². The zero-order valence-corrected chi connectivity index (χ0v) is 18.2.